The molecule has 0 radical (unpaired) electrons. The molecule has 0 aromatic heterocycles. The van der Waals surface area contributed by atoms with E-state index in [-0.39, 0.29) is 18.0 Å². The van der Waals surface area contributed by atoms with Crippen LogP contribution in [0.5, 0.6) is 0 Å². The van der Waals surface area contributed by atoms with Gasteiger partial charge in [0.15, 0.2) is 0 Å². The molecule has 0 spiro atoms. The van der Waals surface area contributed by atoms with E-state index in [0.717, 1.165) is 13.1 Å². The van der Waals surface area contributed by atoms with E-state index in [1.807, 2.05) is 7.05 Å². The van der Waals surface area contributed by atoms with Crippen LogP contribution in [0.15, 0.2) is 0 Å². The minimum atomic E-state index is -0.710. The second-order valence-electron chi connectivity index (χ2n) is 5.70. The van der Waals surface area contributed by atoms with Gasteiger partial charge < -0.3 is 5.11 Å². The summed E-state index contributed by atoms with van der Waals surface area (Å²) in [5, 5.41) is 8.93. The van der Waals surface area contributed by atoms with Crippen molar-refractivity contribution in [2.24, 2.45) is 0 Å². The SMILES string of the molecule is CC(C)N1CC(CC(=O)O)N(C)C(C)(C)C1. The van der Waals surface area contributed by atoms with E-state index in [0.29, 0.717) is 6.04 Å². The first-order chi connectivity index (χ1) is 7.24. The third kappa shape index (κ3) is 2.95. The Labute approximate surface area is 98.2 Å². The summed E-state index contributed by atoms with van der Waals surface area (Å²) in [7, 11) is 2.03. The van der Waals surface area contributed by atoms with Gasteiger partial charge in [-0.2, -0.15) is 0 Å². The van der Waals surface area contributed by atoms with E-state index in [2.05, 4.69) is 37.5 Å². The van der Waals surface area contributed by atoms with Gasteiger partial charge in [-0.05, 0) is 34.7 Å². The van der Waals surface area contributed by atoms with Crippen molar-refractivity contribution < 1.29 is 9.90 Å². The molecule has 1 unspecified atom stereocenters. The fourth-order valence-corrected chi connectivity index (χ4v) is 2.36. The van der Waals surface area contributed by atoms with Crippen molar-refractivity contribution in [3.63, 3.8) is 0 Å². The molecule has 0 aromatic carbocycles. The smallest absolute Gasteiger partial charge is 0.304 e. The Hall–Kier alpha value is -0.610. The summed E-state index contributed by atoms with van der Waals surface area (Å²) >= 11 is 0. The number of nitrogens with zero attached hydrogens (tertiary/aromatic N) is 2. The Morgan fingerprint density at radius 2 is 2.06 bits per heavy atom. The number of aliphatic carboxylic acids is 1. The molecular weight excluding hydrogens is 204 g/mol. The zero-order chi connectivity index (χ0) is 12.5. The fraction of sp³-hybridized carbons (Fsp3) is 0.917. The molecule has 1 aliphatic rings. The molecule has 1 heterocycles. The molecule has 1 aliphatic heterocycles. The Morgan fingerprint density at radius 1 is 1.50 bits per heavy atom. The van der Waals surface area contributed by atoms with Gasteiger partial charge in [-0.1, -0.05) is 0 Å². The molecule has 1 fully saturated rings. The first kappa shape index (κ1) is 13.5. The Balaban J connectivity index is 2.79. The van der Waals surface area contributed by atoms with Gasteiger partial charge in [0.2, 0.25) is 0 Å². The average molecular weight is 228 g/mol. The lowest BCUT2D eigenvalue weighted by Gasteiger charge is -2.51. The summed E-state index contributed by atoms with van der Waals surface area (Å²) in [5.41, 5.74) is 0.0443. The summed E-state index contributed by atoms with van der Waals surface area (Å²) in [4.78, 5) is 15.4. The number of piperazine rings is 1. The predicted octanol–water partition coefficient (Wildman–Crippen LogP) is 1.26. The van der Waals surface area contributed by atoms with Crippen LogP contribution in [0.1, 0.15) is 34.1 Å². The van der Waals surface area contributed by atoms with Crippen molar-refractivity contribution in [3.05, 3.63) is 0 Å². The van der Waals surface area contributed by atoms with Gasteiger partial charge in [0.25, 0.3) is 0 Å². The maximum atomic E-state index is 10.9. The summed E-state index contributed by atoms with van der Waals surface area (Å²) < 4.78 is 0. The highest BCUT2D eigenvalue weighted by Crippen LogP contribution is 2.26. The lowest BCUT2D eigenvalue weighted by atomic mass is 9.93. The van der Waals surface area contributed by atoms with Crippen LogP contribution < -0.4 is 0 Å². The van der Waals surface area contributed by atoms with E-state index in [4.69, 9.17) is 5.11 Å². The maximum Gasteiger partial charge on any atom is 0.304 e. The number of carboxylic acid groups (broad SMARTS) is 1. The number of hydrogen-bond donors (Lipinski definition) is 1. The van der Waals surface area contributed by atoms with Crippen LogP contribution in [0.2, 0.25) is 0 Å². The minimum Gasteiger partial charge on any atom is -0.481 e. The van der Waals surface area contributed by atoms with Crippen molar-refractivity contribution in [2.75, 3.05) is 20.1 Å². The molecule has 0 bridgehead atoms. The Morgan fingerprint density at radius 3 is 2.50 bits per heavy atom. The van der Waals surface area contributed by atoms with Crippen LogP contribution in [0.25, 0.3) is 0 Å². The molecule has 0 aliphatic carbocycles. The lowest BCUT2D eigenvalue weighted by molar-refractivity contribution is -0.140. The third-order valence-electron chi connectivity index (χ3n) is 3.68. The van der Waals surface area contributed by atoms with Crippen LogP contribution in [-0.2, 0) is 4.79 Å². The molecule has 1 rings (SSSR count). The minimum absolute atomic E-state index is 0.0443. The number of likely N-dealkylation sites (N-methyl/N-ethyl adjacent to an activating group) is 1. The monoisotopic (exact) mass is 228 g/mol. The third-order valence-corrected chi connectivity index (χ3v) is 3.68. The molecule has 16 heavy (non-hydrogen) atoms. The van der Waals surface area contributed by atoms with Crippen LogP contribution >= 0.6 is 0 Å². The molecule has 4 heteroatoms. The molecule has 1 atom stereocenters. The van der Waals surface area contributed by atoms with Gasteiger partial charge in [0.05, 0.1) is 6.42 Å². The van der Waals surface area contributed by atoms with E-state index in [1.54, 1.807) is 0 Å². The van der Waals surface area contributed by atoms with Gasteiger partial charge in [0, 0.05) is 30.7 Å². The molecular formula is C12H24N2O2. The predicted molar refractivity (Wildman–Crippen MR) is 64.6 cm³/mol. The van der Waals surface area contributed by atoms with Crippen molar-refractivity contribution in [1.82, 2.24) is 9.80 Å². The summed E-state index contributed by atoms with van der Waals surface area (Å²) in [6, 6.07) is 0.591. The summed E-state index contributed by atoms with van der Waals surface area (Å²) in [5.74, 6) is -0.710. The largest absolute Gasteiger partial charge is 0.481 e. The Bertz CT molecular complexity index is 264. The van der Waals surface area contributed by atoms with Gasteiger partial charge in [-0.3, -0.25) is 14.6 Å². The van der Waals surface area contributed by atoms with E-state index >= 15 is 0 Å². The van der Waals surface area contributed by atoms with Gasteiger partial charge in [-0.25, -0.2) is 0 Å². The zero-order valence-corrected chi connectivity index (χ0v) is 11.0. The number of carboxylic acids is 1. The maximum absolute atomic E-state index is 10.9. The standard InChI is InChI=1S/C12H24N2O2/c1-9(2)14-7-10(6-11(15)16)13(5)12(3,4)8-14/h9-10H,6-8H2,1-5H3,(H,15,16). The summed E-state index contributed by atoms with van der Waals surface area (Å²) in [6.07, 6.45) is 0.225. The molecule has 94 valence electrons. The first-order valence-electron chi connectivity index (χ1n) is 5.93. The zero-order valence-electron chi connectivity index (χ0n) is 11.0. The van der Waals surface area contributed by atoms with E-state index in [9.17, 15) is 4.79 Å². The van der Waals surface area contributed by atoms with Crippen molar-refractivity contribution in [3.8, 4) is 0 Å². The second-order valence-corrected chi connectivity index (χ2v) is 5.70. The van der Waals surface area contributed by atoms with E-state index in [1.165, 1.54) is 0 Å². The second kappa shape index (κ2) is 4.72. The van der Waals surface area contributed by atoms with Crippen LogP contribution in [0.3, 0.4) is 0 Å². The fourth-order valence-electron chi connectivity index (χ4n) is 2.36. The highest BCUT2D eigenvalue weighted by molar-refractivity contribution is 5.67. The van der Waals surface area contributed by atoms with Crippen molar-refractivity contribution in [1.29, 1.82) is 0 Å². The van der Waals surface area contributed by atoms with Crippen molar-refractivity contribution in [2.45, 2.75) is 51.7 Å². The van der Waals surface area contributed by atoms with Crippen LogP contribution in [0.4, 0.5) is 0 Å². The van der Waals surface area contributed by atoms with Crippen LogP contribution in [-0.4, -0.2) is 58.6 Å². The molecule has 0 saturated carbocycles. The quantitative estimate of drug-likeness (QED) is 0.790. The molecule has 0 aromatic rings. The van der Waals surface area contributed by atoms with E-state index < -0.39 is 5.97 Å². The van der Waals surface area contributed by atoms with Crippen molar-refractivity contribution >= 4 is 5.97 Å². The first-order valence-corrected chi connectivity index (χ1v) is 5.93. The number of carbonyl (C=O) groups is 1. The highest BCUT2D eigenvalue weighted by Gasteiger charge is 2.38. The Kier molecular flexibility index (Phi) is 3.97. The number of rotatable bonds is 3. The molecule has 0 amide bonds. The molecule has 1 N–H and O–H groups in total. The normalized spacial score (nSPS) is 27.2. The molecule has 1 saturated heterocycles. The van der Waals surface area contributed by atoms with Gasteiger partial charge >= 0.3 is 5.97 Å². The number of hydrogen-bond acceptors (Lipinski definition) is 3. The van der Waals surface area contributed by atoms with Gasteiger partial charge in [-0.15, -0.1) is 0 Å². The average Bonchev–Trinajstić information content (AvgIpc) is 2.11. The topological polar surface area (TPSA) is 43.8 Å². The van der Waals surface area contributed by atoms with Crippen LogP contribution in [0, 0.1) is 0 Å². The highest BCUT2D eigenvalue weighted by atomic mass is 16.4. The molecule has 4 nitrogen and oxygen atoms in total. The lowest BCUT2D eigenvalue weighted by Crippen LogP contribution is -2.63. The van der Waals surface area contributed by atoms with Gasteiger partial charge in [0.1, 0.15) is 0 Å². The summed E-state index contributed by atoms with van der Waals surface area (Å²) in [6.45, 7) is 10.5.